The first-order chi connectivity index (χ1) is 6.18. The Hall–Kier alpha value is -1.45. The van der Waals surface area contributed by atoms with Crippen molar-refractivity contribution < 1.29 is 0 Å². The number of aryl methyl sites for hydroxylation is 1. The molecule has 0 aromatic carbocycles. The number of rotatable bonds is 1. The summed E-state index contributed by atoms with van der Waals surface area (Å²) in [5.74, 6) is 0.425. The first-order valence-electron chi connectivity index (χ1n) is 4.36. The Kier molecular flexibility index (Phi) is 1.76. The highest BCUT2D eigenvalue weighted by Gasteiger charge is 2.07. The minimum Gasteiger partial charge on any atom is -0.213 e. The van der Waals surface area contributed by atoms with E-state index in [1.54, 1.807) is 4.63 Å². The van der Waals surface area contributed by atoms with Crippen LogP contribution in [0, 0.1) is 6.92 Å². The smallest absolute Gasteiger partial charge is 0.176 e. The predicted molar refractivity (Wildman–Crippen MR) is 49.6 cm³/mol. The van der Waals surface area contributed by atoms with E-state index in [0.29, 0.717) is 5.92 Å². The second kappa shape index (κ2) is 2.80. The Morgan fingerprint density at radius 3 is 2.85 bits per heavy atom. The van der Waals surface area contributed by atoms with E-state index in [9.17, 15) is 0 Å². The first-order valence-corrected chi connectivity index (χ1v) is 4.36. The van der Waals surface area contributed by atoms with E-state index >= 15 is 0 Å². The maximum absolute atomic E-state index is 4.38. The maximum Gasteiger partial charge on any atom is 0.176 e. The Labute approximate surface area is 76.6 Å². The molecule has 0 N–H and O–H groups in total. The van der Waals surface area contributed by atoms with Gasteiger partial charge in [0.15, 0.2) is 5.65 Å². The van der Waals surface area contributed by atoms with Gasteiger partial charge in [0.25, 0.3) is 0 Å². The summed E-state index contributed by atoms with van der Waals surface area (Å²) in [6.07, 6.45) is 1.52. The summed E-state index contributed by atoms with van der Waals surface area (Å²) in [7, 11) is 0. The van der Waals surface area contributed by atoms with Crippen molar-refractivity contribution in [3.05, 3.63) is 23.7 Å². The van der Waals surface area contributed by atoms with Crippen molar-refractivity contribution in [3.63, 3.8) is 0 Å². The zero-order valence-corrected chi connectivity index (χ0v) is 8.02. The average molecular weight is 176 g/mol. The molecule has 2 heterocycles. The Balaban J connectivity index is 2.69. The van der Waals surface area contributed by atoms with Crippen LogP contribution in [0.5, 0.6) is 0 Å². The second-order valence-electron chi connectivity index (χ2n) is 3.47. The van der Waals surface area contributed by atoms with Crippen LogP contribution in [0.2, 0.25) is 0 Å². The van der Waals surface area contributed by atoms with Crippen molar-refractivity contribution >= 4 is 5.65 Å². The fourth-order valence-electron chi connectivity index (χ4n) is 1.44. The van der Waals surface area contributed by atoms with E-state index < -0.39 is 0 Å². The van der Waals surface area contributed by atoms with Gasteiger partial charge in [-0.05, 0) is 24.5 Å². The lowest BCUT2D eigenvalue weighted by molar-refractivity contribution is 0.707. The van der Waals surface area contributed by atoms with Gasteiger partial charge >= 0.3 is 0 Å². The fourth-order valence-corrected chi connectivity index (χ4v) is 1.44. The number of nitrogens with zero attached hydrogens (tertiary/aromatic N) is 4. The first kappa shape index (κ1) is 8.16. The molecule has 2 aromatic rings. The highest BCUT2D eigenvalue weighted by molar-refractivity contribution is 5.39. The molecular weight excluding hydrogens is 164 g/mol. The van der Waals surface area contributed by atoms with Crippen molar-refractivity contribution in [3.8, 4) is 0 Å². The summed E-state index contributed by atoms with van der Waals surface area (Å²) in [4.78, 5) is 4.07. The molecule has 4 heteroatoms. The molecule has 68 valence electrons. The topological polar surface area (TPSA) is 43.1 Å². The Bertz CT molecular complexity index is 430. The molecule has 0 aliphatic rings. The summed E-state index contributed by atoms with van der Waals surface area (Å²) in [5, 5.41) is 8.37. The largest absolute Gasteiger partial charge is 0.213 e. The fraction of sp³-hybridized carbons (Fsp3) is 0.444. The van der Waals surface area contributed by atoms with Gasteiger partial charge in [-0.1, -0.05) is 13.8 Å². The number of hydrogen-bond acceptors (Lipinski definition) is 3. The van der Waals surface area contributed by atoms with Crippen LogP contribution < -0.4 is 0 Å². The maximum atomic E-state index is 4.38. The highest BCUT2D eigenvalue weighted by Crippen LogP contribution is 2.16. The third kappa shape index (κ3) is 1.28. The standard InChI is InChI=1S/C9H12N4/c1-6(2)9-7(3)4-8-10-5-11-13(8)12-9/h4-6H,1-3H3. The minimum atomic E-state index is 0.425. The van der Waals surface area contributed by atoms with E-state index in [1.165, 1.54) is 11.9 Å². The van der Waals surface area contributed by atoms with E-state index in [4.69, 9.17) is 0 Å². The molecule has 0 aliphatic carbocycles. The molecule has 0 saturated heterocycles. The average Bonchev–Trinajstić information content (AvgIpc) is 2.48. The van der Waals surface area contributed by atoms with Gasteiger partial charge in [-0.25, -0.2) is 4.98 Å². The molecule has 13 heavy (non-hydrogen) atoms. The summed E-state index contributed by atoms with van der Waals surface area (Å²) >= 11 is 0. The summed E-state index contributed by atoms with van der Waals surface area (Å²) in [5.41, 5.74) is 3.07. The second-order valence-corrected chi connectivity index (χ2v) is 3.47. The van der Waals surface area contributed by atoms with E-state index in [1.807, 2.05) is 6.07 Å². The van der Waals surface area contributed by atoms with Crippen LogP contribution >= 0.6 is 0 Å². The van der Waals surface area contributed by atoms with Crippen LogP contribution in [0.4, 0.5) is 0 Å². The molecule has 0 bridgehead atoms. The zero-order chi connectivity index (χ0) is 9.42. The summed E-state index contributed by atoms with van der Waals surface area (Å²) < 4.78 is 1.57. The van der Waals surface area contributed by atoms with E-state index in [2.05, 4.69) is 36.0 Å². The monoisotopic (exact) mass is 176 g/mol. The lowest BCUT2D eigenvalue weighted by Gasteiger charge is -2.07. The van der Waals surface area contributed by atoms with Crippen LogP contribution in [0.3, 0.4) is 0 Å². The van der Waals surface area contributed by atoms with Gasteiger partial charge in [-0.15, -0.1) is 9.73 Å². The van der Waals surface area contributed by atoms with Gasteiger partial charge in [0, 0.05) is 0 Å². The zero-order valence-electron chi connectivity index (χ0n) is 8.02. The summed E-state index contributed by atoms with van der Waals surface area (Å²) in [6, 6.07) is 2.01. The van der Waals surface area contributed by atoms with Gasteiger partial charge in [0.2, 0.25) is 0 Å². The molecule has 2 aromatic heterocycles. The highest BCUT2D eigenvalue weighted by atomic mass is 15.4. The normalized spacial score (nSPS) is 11.4. The van der Waals surface area contributed by atoms with Crippen LogP contribution in [-0.4, -0.2) is 19.8 Å². The molecule has 0 aliphatic heterocycles. The number of hydrogen-bond donors (Lipinski definition) is 0. The lowest BCUT2D eigenvalue weighted by atomic mass is 10.1. The molecule has 0 saturated carbocycles. The Morgan fingerprint density at radius 2 is 2.15 bits per heavy atom. The SMILES string of the molecule is Cc1cc2ncnn2nc1C(C)C. The molecule has 0 amide bonds. The molecule has 4 nitrogen and oxygen atoms in total. The van der Waals surface area contributed by atoms with Gasteiger partial charge in [-0.2, -0.15) is 5.10 Å². The van der Waals surface area contributed by atoms with E-state index in [0.717, 1.165) is 11.3 Å². The van der Waals surface area contributed by atoms with Gasteiger partial charge in [-0.3, -0.25) is 0 Å². The van der Waals surface area contributed by atoms with Crippen molar-refractivity contribution in [1.82, 2.24) is 19.8 Å². The lowest BCUT2D eigenvalue weighted by Crippen LogP contribution is -2.03. The molecular formula is C9H12N4. The molecule has 0 unspecified atom stereocenters. The predicted octanol–water partition coefficient (Wildman–Crippen LogP) is 1.56. The van der Waals surface area contributed by atoms with Gasteiger partial charge < -0.3 is 0 Å². The third-order valence-electron chi connectivity index (χ3n) is 2.05. The minimum absolute atomic E-state index is 0.425. The van der Waals surface area contributed by atoms with Crippen LogP contribution in [-0.2, 0) is 0 Å². The van der Waals surface area contributed by atoms with Crippen LogP contribution in [0.1, 0.15) is 31.0 Å². The van der Waals surface area contributed by atoms with Crippen molar-refractivity contribution in [1.29, 1.82) is 0 Å². The Morgan fingerprint density at radius 1 is 1.38 bits per heavy atom. The van der Waals surface area contributed by atoms with Gasteiger partial charge in [0.1, 0.15) is 6.33 Å². The molecule has 2 rings (SSSR count). The number of aromatic nitrogens is 4. The van der Waals surface area contributed by atoms with Crippen LogP contribution in [0.15, 0.2) is 12.4 Å². The van der Waals surface area contributed by atoms with Crippen molar-refractivity contribution in [2.75, 3.05) is 0 Å². The van der Waals surface area contributed by atoms with Crippen molar-refractivity contribution in [2.24, 2.45) is 0 Å². The molecule has 0 atom stereocenters. The van der Waals surface area contributed by atoms with Crippen molar-refractivity contribution in [2.45, 2.75) is 26.7 Å². The van der Waals surface area contributed by atoms with Crippen LogP contribution in [0.25, 0.3) is 5.65 Å². The molecule has 0 spiro atoms. The van der Waals surface area contributed by atoms with Gasteiger partial charge in [0.05, 0.1) is 5.69 Å². The molecule has 0 fully saturated rings. The quantitative estimate of drug-likeness (QED) is 0.662. The number of fused-ring (bicyclic) bond motifs is 1. The third-order valence-corrected chi connectivity index (χ3v) is 2.05. The summed E-state index contributed by atoms with van der Waals surface area (Å²) in [6.45, 7) is 6.30. The molecule has 0 radical (unpaired) electrons. The van der Waals surface area contributed by atoms with E-state index in [-0.39, 0.29) is 0 Å².